The van der Waals surface area contributed by atoms with Crippen LogP contribution in [0.3, 0.4) is 0 Å². The van der Waals surface area contributed by atoms with Gasteiger partial charge in [-0.1, -0.05) is 20.8 Å². The van der Waals surface area contributed by atoms with Crippen molar-refractivity contribution in [2.45, 2.75) is 20.8 Å². The molecule has 6 heteroatoms. The fourth-order valence-electron chi connectivity index (χ4n) is 1.03. The molecular weight excluding hydrogens is 252 g/mol. The molecule has 0 aliphatic rings. The number of carbonyl (C=O) groups excluding carboxylic acids is 1. The van der Waals surface area contributed by atoms with Crippen molar-refractivity contribution in [3.05, 3.63) is 29.3 Å². The zero-order valence-electron chi connectivity index (χ0n) is 10.1. The molecule has 0 heterocycles. The molecule has 0 saturated carbocycles. The first-order chi connectivity index (χ1) is 8.14. The Bertz CT molecular complexity index is 452. The van der Waals surface area contributed by atoms with E-state index in [0.717, 1.165) is 0 Å². The quantitative estimate of drug-likeness (QED) is 0.619. The van der Waals surface area contributed by atoms with Gasteiger partial charge in [0.05, 0.1) is 0 Å². The standard InChI is InChI=1S/C12H12F4O2/c1-12(2,3)8(17)5-18-11-9(15)6(13)4-7(14)10(11)16/h4H,5H2,1-3H3. The molecule has 100 valence electrons. The summed E-state index contributed by atoms with van der Waals surface area (Å²) in [6.07, 6.45) is 0. The highest BCUT2D eigenvalue weighted by molar-refractivity contribution is 5.85. The normalized spacial score (nSPS) is 11.5. The van der Waals surface area contributed by atoms with Crippen molar-refractivity contribution in [2.75, 3.05) is 6.61 Å². The lowest BCUT2D eigenvalue weighted by molar-refractivity contribution is -0.128. The maximum atomic E-state index is 13.2. The van der Waals surface area contributed by atoms with Crippen LogP contribution in [-0.4, -0.2) is 12.4 Å². The number of carbonyl (C=O) groups is 1. The van der Waals surface area contributed by atoms with E-state index < -0.39 is 46.8 Å². The second kappa shape index (κ2) is 4.96. The van der Waals surface area contributed by atoms with Crippen molar-refractivity contribution in [1.82, 2.24) is 0 Å². The molecule has 0 aliphatic carbocycles. The minimum absolute atomic E-state index is 0.0725. The summed E-state index contributed by atoms with van der Waals surface area (Å²) >= 11 is 0. The second-order valence-electron chi connectivity index (χ2n) is 4.76. The highest BCUT2D eigenvalue weighted by Gasteiger charge is 2.25. The summed E-state index contributed by atoms with van der Waals surface area (Å²) in [5.41, 5.74) is -0.779. The van der Waals surface area contributed by atoms with E-state index in [2.05, 4.69) is 4.74 Å². The van der Waals surface area contributed by atoms with E-state index in [1.165, 1.54) is 0 Å². The Morgan fingerprint density at radius 3 is 1.94 bits per heavy atom. The maximum absolute atomic E-state index is 13.2. The highest BCUT2D eigenvalue weighted by Crippen LogP contribution is 2.27. The lowest BCUT2D eigenvalue weighted by atomic mass is 9.91. The molecule has 0 saturated heterocycles. The first-order valence-electron chi connectivity index (χ1n) is 5.13. The SMILES string of the molecule is CC(C)(C)C(=O)COc1c(F)c(F)cc(F)c1F. The molecule has 0 fully saturated rings. The van der Waals surface area contributed by atoms with Crippen molar-refractivity contribution >= 4 is 5.78 Å². The van der Waals surface area contributed by atoms with Crippen LogP contribution in [0.2, 0.25) is 0 Å². The lowest BCUT2D eigenvalue weighted by Gasteiger charge is -2.17. The van der Waals surface area contributed by atoms with Gasteiger partial charge in [0, 0.05) is 11.5 Å². The predicted octanol–water partition coefficient (Wildman–Crippen LogP) is 3.24. The molecule has 0 atom stereocenters. The average molecular weight is 264 g/mol. The van der Waals surface area contributed by atoms with Crippen molar-refractivity contribution in [3.63, 3.8) is 0 Å². The van der Waals surface area contributed by atoms with Crippen LogP contribution < -0.4 is 4.74 Å². The molecule has 0 bridgehead atoms. The van der Waals surface area contributed by atoms with Crippen LogP contribution in [0.1, 0.15) is 20.8 Å². The fraction of sp³-hybridized carbons (Fsp3) is 0.417. The van der Waals surface area contributed by atoms with Crippen molar-refractivity contribution in [3.8, 4) is 5.75 Å². The molecule has 1 rings (SSSR count). The van der Waals surface area contributed by atoms with Gasteiger partial charge in [-0.25, -0.2) is 8.78 Å². The summed E-state index contributed by atoms with van der Waals surface area (Å²) in [6.45, 7) is 4.08. The van der Waals surface area contributed by atoms with Crippen LogP contribution in [0.15, 0.2) is 6.07 Å². The summed E-state index contributed by atoms with van der Waals surface area (Å²) in [4.78, 5) is 11.5. The third-order valence-corrected chi connectivity index (χ3v) is 2.26. The fourth-order valence-corrected chi connectivity index (χ4v) is 1.03. The largest absolute Gasteiger partial charge is 0.480 e. The van der Waals surface area contributed by atoms with Gasteiger partial charge < -0.3 is 4.74 Å². The van der Waals surface area contributed by atoms with E-state index in [9.17, 15) is 22.4 Å². The molecule has 0 spiro atoms. The Kier molecular flexibility index (Phi) is 3.98. The Hall–Kier alpha value is -1.59. The van der Waals surface area contributed by atoms with E-state index in [0.29, 0.717) is 0 Å². The first kappa shape index (κ1) is 14.5. The van der Waals surface area contributed by atoms with Gasteiger partial charge in [0.25, 0.3) is 0 Å². The van der Waals surface area contributed by atoms with Gasteiger partial charge in [-0.05, 0) is 0 Å². The Labute approximate surface area is 102 Å². The molecule has 2 nitrogen and oxygen atoms in total. The first-order valence-corrected chi connectivity index (χ1v) is 5.13. The number of hydrogen-bond donors (Lipinski definition) is 0. The van der Waals surface area contributed by atoms with E-state index in [4.69, 9.17) is 0 Å². The molecular formula is C12H12F4O2. The van der Waals surface area contributed by atoms with Crippen LogP contribution in [-0.2, 0) is 4.79 Å². The second-order valence-corrected chi connectivity index (χ2v) is 4.76. The van der Waals surface area contributed by atoms with Gasteiger partial charge in [0.2, 0.25) is 11.6 Å². The Balaban J connectivity index is 2.96. The molecule has 18 heavy (non-hydrogen) atoms. The monoisotopic (exact) mass is 264 g/mol. The van der Waals surface area contributed by atoms with E-state index >= 15 is 0 Å². The van der Waals surface area contributed by atoms with Crippen molar-refractivity contribution in [2.24, 2.45) is 5.41 Å². The molecule has 0 N–H and O–H groups in total. The highest BCUT2D eigenvalue weighted by atomic mass is 19.2. The third kappa shape index (κ3) is 3.00. The molecule has 0 radical (unpaired) electrons. The number of benzene rings is 1. The summed E-state index contributed by atoms with van der Waals surface area (Å²) in [7, 11) is 0. The van der Waals surface area contributed by atoms with Gasteiger partial charge in [-0.15, -0.1) is 0 Å². The molecule has 1 aromatic carbocycles. The van der Waals surface area contributed by atoms with E-state index in [1.54, 1.807) is 20.8 Å². The minimum atomic E-state index is -1.66. The van der Waals surface area contributed by atoms with Crippen LogP contribution in [0.25, 0.3) is 0 Å². The van der Waals surface area contributed by atoms with Gasteiger partial charge in [-0.2, -0.15) is 8.78 Å². The molecule has 0 amide bonds. The summed E-state index contributed by atoms with van der Waals surface area (Å²) in [5, 5.41) is 0. The number of hydrogen-bond acceptors (Lipinski definition) is 2. The Morgan fingerprint density at radius 1 is 1.11 bits per heavy atom. The smallest absolute Gasteiger partial charge is 0.203 e. The topological polar surface area (TPSA) is 26.3 Å². The van der Waals surface area contributed by atoms with Crippen molar-refractivity contribution in [1.29, 1.82) is 0 Å². The predicted molar refractivity (Wildman–Crippen MR) is 56.2 cm³/mol. The third-order valence-electron chi connectivity index (χ3n) is 2.26. The number of ether oxygens (including phenoxy) is 1. The zero-order valence-corrected chi connectivity index (χ0v) is 10.1. The maximum Gasteiger partial charge on any atom is 0.203 e. The van der Waals surface area contributed by atoms with Crippen molar-refractivity contribution < 1.29 is 27.1 Å². The molecule has 0 unspecified atom stereocenters. The minimum Gasteiger partial charge on any atom is -0.480 e. The zero-order chi connectivity index (χ0) is 14.1. The number of ketones is 1. The van der Waals surface area contributed by atoms with E-state index in [-0.39, 0.29) is 6.07 Å². The molecule has 1 aromatic rings. The summed E-state index contributed by atoms with van der Waals surface area (Å²) in [5.74, 6) is -8.14. The molecule has 0 aliphatic heterocycles. The summed E-state index contributed by atoms with van der Waals surface area (Å²) < 4.78 is 56.5. The van der Waals surface area contributed by atoms with Gasteiger partial charge in [0.1, 0.15) is 6.61 Å². The van der Waals surface area contributed by atoms with Gasteiger partial charge in [-0.3, -0.25) is 4.79 Å². The van der Waals surface area contributed by atoms with Gasteiger partial charge >= 0.3 is 0 Å². The number of halogens is 4. The van der Waals surface area contributed by atoms with Gasteiger partial charge in [0.15, 0.2) is 23.2 Å². The molecule has 0 aromatic heterocycles. The summed E-state index contributed by atoms with van der Waals surface area (Å²) in [6, 6.07) is 0.0725. The lowest BCUT2D eigenvalue weighted by Crippen LogP contribution is -2.26. The van der Waals surface area contributed by atoms with Crippen LogP contribution in [0.5, 0.6) is 5.75 Å². The average Bonchev–Trinajstić information content (AvgIpc) is 2.25. The van der Waals surface area contributed by atoms with Crippen LogP contribution >= 0.6 is 0 Å². The number of rotatable bonds is 3. The van der Waals surface area contributed by atoms with Crippen LogP contribution in [0.4, 0.5) is 17.6 Å². The van der Waals surface area contributed by atoms with Crippen LogP contribution in [0, 0.1) is 28.7 Å². The number of Topliss-reactive ketones (excluding diaryl/α,β-unsaturated/α-hetero) is 1. The Morgan fingerprint density at radius 2 is 1.56 bits per heavy atom. The van der Waals surface area contributed by atoms with E-state index in [1.807, 2.05) is 0 Å².